The van der Waals surface area contributed by atoms with Crippen molar-refractivity contribution in [3.05, 3.63) is 0 Å². The molecule has 0 aromatic heterocycles. The van der Waals surface area contributed by atoms with Crippen LogP contribution >= 0.6 is 0 Å². The highest BCUT2D eigenvalue weighted by Gasteiger charge is 2.25. The Morgan fingerprint density at radius 3 is 2.67 bits per heavy atom. The van der Waals surface area contributed by atoms with E-state index in [4.69, 9.17) is 8.92 Å². The highest BCUT2D eigenvalue weighted by molar-refractivity contribution is 7.86. The van der Waals surface area contributed by atoms with Crippen LogP contribution in [0.3, 0.4) is 0 Å². The van der Waals surface area contributed by atoms with Gasteiger partial charge in [-0.15, -0.1) is 0 Å². The maximum absolute atomic E-state index is 10.7. The van der Waals surface area contributed by atoms with Gasteiger partial charge in [-0.25, -0.2) is 0 Å². The largest absolute Gasteiger partial charge is 0.375 e. The van der Waals surface area contributed by atoms with Crippen LogP contribution in [-0.4, -0.2) is 33.5 Å². The van der Waals surface area contributed by atoms with Gasteiger partial charge in [0.25, 0.3) is 10.1 Å². The van der Waals surface area contributed by atoms with E-state index in [1.54, 1.807) is 6.92 Å². The highest BCUT2D eigenvalue weighted by atomic mass is 32.2. The van der Waals surface area contributed by atoms with Crippen molar-refractivity contribution in [2.75, 3.05) is 12.9 Å². The van der Waals surface area contributed by atoms with Crippen LogP contribution in [0.25, 0.3) is 0 Å². The summed E-state index contributed by atoms with van der Waals surface area (Å²) in [5, 5.41) is 0. The molecule has 5 heteroatoms. The highest BCUT2D eigenvalue weighted by Crippen LogP contribution is 2.18. The summed E-state index contributed by atoms with van der Waals surface area (Å²) in [6.45, 7) is 2.43. The second-order valence-electron chi connectivity index (χ2n) is 3.06. The van der Waals surface area contributed by atoms with E-state index in [0.717, 1.165) is 19.1 Å². The van der Waals surface area contributed by atoms with Crippen molar-refractivity contribution in [3.8, 4) is 0 Å². The first-order chi connectivity index (χ1) is 5.49. The van der Waals surface area contributed by atoms with Gasteiger partial charge in [0, 0.05) is 6.61 Å². The fourth-order valence-electron chi connectivity index (χ4n) is 1.31. The van der Waals surface area contributed by atoms with Crippen molar-refractivity contribution in [3.63, 3.8) is 0 Å². The van der Waals surface area contributed by atoms with Crippen LogP contribution in [0, 0.1) is 0 Å². The molecular formula is C7H14O4S. The van der Waals surface area contributed by atoms with Crippen LogP contribution in [0.1, 0.15) is 19.8 Å². The minimum atomic E-state index is -3.34. The van der Waals surface area contributed by atoms with Gasteiger partial charge in [-0.1, -0.05) is 0 Å². The fourth-order valence-corrected chi connectivity index (χ4v) is 1.99. The SMILES string of the molecule is CC(OS(C)(=O)=O)C1CCCO1. The van der Waals surface area contributed by atoms with E-state index in [1.807, 2.05) is 0 Å². The van der Waals surface area contributed by atoms with Gasteiger partial charge in [0.15, 0.2) is 0 Å². The molecule has 2 atom stereocenters. The Labute approximate surface area is 73.0 Å². The molecule has 4 nitrogen and oxygen atoms in total. The van der Waals surface area contributed by atoms with Gasteiger partial charge in [0.2, 0.25) is 0 Å². The van der Waals surface area contributed by atoms with E-state index in [-0.39, 0.29) is 12.2 Å². The lowest BCUT2D eigenvalue weighted by molar-refractivity contribution is 0.0249. The van der Waals surface area contributed by atoms with Crippen molar-refractivity contribution >= 4 is 10.1 Å². The van der Waals surface area contributed by atoms with Gasteiger partial charge in [-0.3, -0.25) is 4.18 Å². The Kier molecular flexibility index (Phi) is 3.09. The summed E-state index contributed by atoms with van der Waals surface area (Å²) in [5.41, 5.74) is 0. The van der Waals surface area contributed by atoms with Crippen LogP contribution in [0.5, 0.6) is 0 Å². The first-order valence-corrected chi connectivity index (χ1v) is 5.80. The van der Waals surface area contributed by atoms with E-state index in [9.17, 15) is 8.42 Å². The molecule has 1 fully saturated rings. The van der Waals surface area contributed by atoms with Gasteiger partial charge >= 0.3 is 0 Å². The number of ether oxygens (including phenoxy) is 1. The van der Waals surface area contributed by atoms with Crippen LogP contribution in [0.2, 0.25) is 0 Å². The molecule has 12 heavy (non-hydrogen) atoms. The van der Waals surface area contributed by atoms with Crippen molar-refractivity contribution in [1.29, 1.82) is 0 Å². The second kappa shape index (κ2) is 3.72. The van der Waals surface area contributed by atoms with Gasteiger partial charge in [-0.2, -0.15) is 8.42 Å². The molecule has 0 radical (unpaired) electrons. The van der Waals surface area contributed by atoms with E-state index < -0.39 is 10.1 Å². The Balaban J connectivity index is 2.42. The summed E-state index contributed by atoms with van der Waals surface area (Å²) in [4.78, 5) is 0. The third kappa shape index (κ3) is 3.08. The monoisotopic (exact) mass is 194 g/mol. The first kappa shape index (κ1) is 9.95. The van der Waals surface area contributed by atoms with Crippen molar-refractivity contribution in [1.82, 2.24) is 0 Å². The summed E-state index contributed by atoms with van der Waals surface area (Å²) in [5.74, 6) is 0. The molecule has 1 saturated heterocycles. The lowest BCUT2D eigenvalue weighted by Crippen LogP contribution is -2.27. The minimum Gasteiger partial charge on any atom is -0.375 e. The smallest absolute Gasteiger partial charge is 0.264 e. The summed E-state index contributed by atoms with van der Waals surface area (Å²) in [6.07, 6.45) is 2.51. The summed E-state index contributed by atoms with van der Waals surface area (Å²) >= 11 is 0. The molecular weight excluding hydrogens is 180 g/mol. The standard InChI is InChI=1S/C7H14O4S/c1-6(11-12(2,8)9)7-4-3-5-10-7/h6-7H,3-5H2,1-2H3. The quantitative estimate of drug-likeness (QED) is 0.615. The molecule has 0 N–H and O–H groups in total. The van der Waals surface area contributed by atoms with E-state index in [0.29, 0.717) is 6.61 Å². The number of hydrogen-bond acceptors (Lipinski definition) is 4. The second-order valence-corrected chi connectivity index (χ2v) is 4.66. The Morgan fingerprint density at radius 1 is 1.58 bits per heavy atom. The van der Waals surface area contributed by atoms with Gasteiger partial charge < -0.3 is 4.74 Å². The Morgan fingerprint density at radius 2 is 2.25 bits per heavy atom. The van der Waals surface area contributed by atoms with Crippen molar-refractivity contribution < 1.29 is 17.3 Å². The molecule has 0 aromatic rings. The zero-order valence-corrected chi connectivity index (χ0v) is 8.13. The molecule has 0 amide bonds. The predicted octanol–water partition coefficient (Wildman–Crippen LogP) is 0.530. The van der Waals surface area contributed by atoms with E-state index >= 15 is 0 Å². The predicted molar refractivity (Wildman–Crippen MR) is 44.4 cm³/mol. The fraction of sp³-hybridized carbons (Fsp3) is 1.00. The molecule has 0 aliphatic carbocycles. The Hall–Kier alpha value is -0.130. The van der Waals surface area contributed by atoms with E-state index in [1.165, 1.54) is 0 Å². The zero-order valence-electron chi connectivity index (χ0n) is 7.32. The topological polar surface area (TPSA) is 52.6 Å². The van der Waals surface area contributed by atoms with Crippen molar-refractivity contribution in [2.45, 2.75) is 32.0 Å². The van der Waals surface area contributed by atoms with Crippen LogP contribution in [0.15, 0.2) is 0 Å². The molecule has 0 spiro atoms. The van der Waals surface area contributed by atoms with E-state index in [2.05, 4.69) is 0 Å². The molecule has 0 bridgehead atoms. The van der Waals surface area contributed by atoms with Crippen molar-refractivity contribution in [2.24, 2.45) is 0 Å². The molecule has 1 rings (SSSR count). The molecule has 72 valence electrons. The maximum atomic E-state index is 10.7. The van der Waals surface area contributed by atoms with Crippen LogP contribution in [-0.2, 0) is 19.0 Å². The van der Waals surface area contributed by atoms with Crippen LogP contribution < -0.4 is 0 Å². The normalized spacial score (nSPS) is 27.3. The average molecular weight is 194 g/mol. The molecule has 0 saturated carbocycles. The number of rotatable bonds is 3. The summed E-state index contributed by atoms with van der Waals surface area (Å²) in [7, 11) is -3.34. The molecule has 1 aliphatic rings. The third-order valence-electron chi connectivity index (χ3n) is 1.82. The molecule has 0 aromatic carbocycles. The number of hydrogen-bond donors (Lipinski definition) is 0. The lowest BCUT2D eigenvalue weighted by atomic mass is 10.2. The van der Waals surface area contributed by atoms with Gasteiger partial charge in [0.05, 0.1) is 12.4 Å². The molecule has 2 unspecified atom stereocenters. The lowest BCUT2D eigenvalue weighted by Gasteiger charge is -2.16. The molecule has 1 heterocycles. The summed E-state index contributed by atoms with van der Waals surface area (Å²) in [6, 6.07) is 0. The maximum Gasteiger partial charge on any atom is 0.264 e. The van der Waals surface area contributed by atoms with Gasteiger partial charge in [-0.05, 0) is 19.8 Å². The van der Waals surface area contributed by atoms with Crippen LogP contribution in [0.4, 0.5) is 0 Å². The van der Waals surface area contributed by atoms with Gasteiger partial charge in [0.1, 0.15) is 6.10 Å². The Bertz CT molecular complexity index is 228. The summed E-state index contributed by atoms with van der Waals surface area (Å²) < 4.78 is 31.5. The molecule has 1 aliphatic heterocycles. The first-order valence-electron chi connectivity index (χ1n) is 3.99. The average Bonchev–Trinajstić information content (AvgIpc) is 2.32. The third-order valence-corrected chi connectivity index (χ3v) is 2.47. The minimum absolute atomic E-state index is 0.0558. The zero-order chi connectivity index (χ0) is 9.19.